The smallest absolute Gasteiger partial charge is 0.286 e. The maximum Gasteiger partial charge on any atom is 0.286 e. The Morgan fingerprint density at radius 3 is 2.67 bits per heavy atom. The summed E-state index contributed by atoms with van der Waals surface area (Å²) in [7, 11) is -3.71. The van der Waals surface area contributed by atoms with Crippen molar-refractivity contribution in [1.82, 2.24) is 14.5 Å². The molecule has 0 bridgehead atoms. The Labute approximate surface area is 177 Å². The largest absolute Gasteiger partial charge is 0.317 e. The van der Waals surface area contributed by atoms with E-state index in [4.69, 9.17) is 0 Å². The van der Waals surface area contributed by atoms with Gasteiger partial charge in [0.1, 0.15) is 10.8 Å². The van der Waals surface area contributed by atoms with Crippen LogP contribution in [0, 0.1) is 12.7 Å². The number of benzene rings is 2. The molecule has 0 aliphatic carbocycles. The van der Waals surface area contributed by atoms with Crippen molar-refractivity contribution in [2.75, 3.05) is 11.9 Å². The van der Waals surface area contributed by atoms with Crippen molar-refractivity contribution >= 4 is 33.0 Å². The molecule has 0 radical (unpaired) electrons. The molecule has 1 aromatic heterocycles. The highest BCUT2D eigenvalue weighted by atomic mass is 32.2. The van der Waals surface area contributed by atoms with Gasteiger partial charge in [0.2, 0.25) is 15.0 Å². The van der Waals surface area contributed by atoms with Crippen LogP contribution >= 0.6 is 11.3 Å². The average molecular weight is 447 g/mol. The highest BCUT2D eigenvalue weighted by molar-refractivity contribution is 7.89. The lowest BCUT2D eigenvalue weighted by molar-refractivity contribution is 0.102. The van der Waals surface area contributed by atoms with E-state index in [2.05, 4.69) is 15.5 Å². The van der Waals surface area contributed by atoms with Gasteiger partial charge in [0.05, 0.1) is 16.6 Å². The van der Waals surface area contributed by atoms with Crippen LogP contribution in [-0.4, -0.2) is 35.4 Å². The van der Waals surface area contributed by atoms with Crippen molar-refractivity contribution in [3.05, 3.63) is 69.9 Å². The molecule has 3 aromatic rings. The van der Waals surface area contributed by atoms with Crippen molar-refractivity contribution < 1.29 is 17.6 Å². The molecule has 1 fully saturated rings. The fourth-order valence-electron chi connectivity index (χ4n) is 3.45. The summed E-state index contributed by atoms with van der Waals surface area (Å²) in [5.41, 5.74) is 0.717. The molecule has 1 atom stereocenters. The fraction of sp³-hybridized carbons (Fsp3) is 0.250. The van der Waals surface area contributed by atoms with Crippen molar-refractivity contribution in [3.63, 3.8) is 0 Å². The lowest BCUT2D eigenvalue weighted by Gasteiger charge is -2.23. The number of nitrogens with zero attached hydrogens (tertiary/aromatic N) is 3. The van der Waals surface area contributed by atoms with Crippen LogP contribution in [0.5, 0.6) is 0 Å². The first-order valence-electron chi connectivity index (χ1n) is 9.34. The number of aryl methyl sites for hydroxylation is 1. The number of anilines is 1. The van der Waals surface area contributed by atoms with Gasteiger partial charge >= 0.3 is 0 Å². The van der Waals surface area contributed by atoms with Crippen LogP contribution in [0.25, 0.3) is 0 Å². The second-order valence-corrected chi connectivity index (χ2v) is 9.79. The highest BCUT2D eigenvalue weighted by Crippen LogP contribution is 2.38. The van der Waals surface area contributed by atoms with Crippen LogP contribution in [0.2, 0.25) is 0 Å². The minimum atomic E-state index is -3.71. The van der Waals surface area contributed by atoms with Crippen LogP contribution < -0.4 is 5.32 Å². The van der Waals surface area contributed by atoms with E-state index in [-0.39, 0.29) is 15.6 Å². The van der Waals surface area contributed by atoms with Gasteiger partial charge in [0.15, 0.2) is 0 Å². The molecule has 1 saturated heterocycles. The summed E-state index contributed by atoms with van der Waals surface area (Å²) in [6, 6.07) is 12.2. The van der Waals surface area contributed by atoms with Gasteiger partial charge in [-0.1, -0.05) is 41.7 Å². The number of carbonyl (C=O) groups excluding carboxylic acids is 1. The quantitative estimate of drug-likeness (QED) is 0.644. The van der Waals surface area contributed by atoms with Crippen LogP contribution in [0.15, 0.2) is 53.4 Å². The average Bonchev–Trinajstić information content (AvgIpc) is 3.39. The molecule has 30 heavy (non-hydrogen) atoms. The third kappa shape index (κ3) is 3.85. The first kappa shape index (κ1) is 20.6. The first-order chi connectivity index (χ1) is 14.4. The number of rotatable bonds is 5. The zero-order valence-electron chi connectivity index (χ0n) is 16.1. The van der Waals surface area contributed by atoms with Crippen molar-refractivity contribution in [1.29, 1.82) is 0 Å². The number of carbonyl (C=O) groups is 1. The second kappa shape index (κ2) is 8.21. The Balaban J connectivity index is 1.57. The van der Waals surface area contributed by atoms with Crippen molar-refractivity contribution in [2.24, 2.45) is 0 Å². The maximum absolute atomic E-state index is 13.8. The maximum atomic E-state index is 13.8. The minimum Gasteiger partial charge on any atom is -0.317 e. The van der Waals surface area contributed by atoms with Crippen LogP contribution in [0.1, 0.15) is 39.3 Å². The normalized spacial score (nSPS) is 17.2. The molecule has 156 valence electrons. The van der Waals surface area contributed by atoms with Crippen molar-refractivity contribution in [3.8, 4) is 0 Å². The molecule has 4 rings (SSSR count). The standard InChI is InChI=1S/C20H19FN4O3S2/c1-13-7-2-5-11-17(13)30(27,28)25-12-6-10-16(25)19-23-24-20(29-19)18(26)22-15-9-4-3-8-14(15)21/h2-5,7-9,11,16H,6,10,12H2,1H3,(H,22,26)/t16-/m0/s1. The van der Waals surface area contributed by atoms with Gasteiger partial charge in [-0.15, -0.1) is 10.2 Å². The molecule has 7 nitrogen and oxygen atoms in total. The SMILES string of the molecule is Cc1ccccc1S(=O)(=O)N1CCC[C@H]1c1nnc(C(=O)Nc2ccccc2F)s1. The number of sulfonamides is 1. The van der Waals surface area contributed by atoms with Crippen LogP contribution in [0.3, 0.4) is 0 Å². The Morgan fingerprint density at radius 2 is 1.90 bits per heavy atom. The Hall–Kier alpha value is -2.69. The van der Waals surface area contributed by atoms with Crippen LogP contribution in [-0.2, 0) is 10.0 Å². The zero-order chi connectivity index (χ0) is 21.3. The lowest BCUT2D eigenvalue weighted by Crippen LogP contribution is -2.31. The predicted molar refractivity (Wildman–Crippen MR) is 111 cm³/mol. The second-order valence-electron chi connectivity index (χ2n) is 6.92. The summed E-state index contributed by atoms with van der Waals surface area (Å²) < 4.78 is 41.6. The molecule has 1 N–H and O–H groups in total. The van der Waals surface area contributed by atoms with Crippen molar-refractivity contribution in [2.45, 2.75) is 30.7 Å². The van der Waals surface area contributed by atoms with E-state index in [0.717, 1.165) is 11.3 Å². The first-order valence-corrected chi connectivity index (χ1v) is 11.6. The lowest BCUT2D eigenvalue weighted by atomic mass is 10.2. The monoisotopic (exact) mass is 446 g/mol. The summed E-state index contributed by atoms with van der Waals surface area (Å²) in [6.45, 7) is 2.13. The van der Waals surface area contributed by atoms with Gasteiger partial charge < -0.3 is 5.32 Å². The summed E-state index contributed by atoms with van der Waals surface area (Å²) in [5.74, 6) is -1.14. The van der Waals surface area contributed by atoms with E-state index < -0.39 is 27.8 Å². The van der Waals surface area contributed by atoms with E-state index in [1.165, 1.54) is 22.5 Å². The van der Waals surface area contributed by atoms with E-state index in [9.17, 15) is 17.6 Å². The number of hydrogen-bond donors (Lipinski definition) is 1. The third-order valence-electron chi connectivity index (χ3n) is 4.93. The molecule has 2 heterocycles. The molecule has 1 aliphatic heterocycles. The zero-order valence-corrected chi connectivity index (χ0v) is 17.7. The predicted octanol–water partition coefficient (Wildman–Crippen LogP) is 3.76. The molecule has 0 saturated carbocycles. The minimum absolute atomic E-state index is 0.0453. The van der Waals surface area contributed by atoms with E-state index in [0.29, 0.717) is 30.0 Å². The van der Waals surface area contributed by atoms with Gasteiger partial charge in [-0.25, -0.2) is 12.8 Å². The molecular weight excluding hydrogens is 427 g/mol. The van der Waals surface area contributed by atoms with E-state index in [1.807, 2.05) is 0 Å². The summed E-state index contributed by atoms with van der Waals surface area (Å²) in [4.78, 5) is 12.7. The van der Waals surface area contributed by atoms with Gasteiger partial charge in [-0.2, -0.15) is 4.31 Å². The fourth-order valence-corrected chi connectivity index (χ4v) is 6.29. The molecular formula is C20H19FN4O3S2. The Kier molecular flexibility index (Phi) is 5.63. The van der Waals surface area contributed by atoms with Gasteiger partial charge in [0.25, 0.3) is 5.91 Å². The number of para-hydroxylation sites is 1. The van der Waals surface area contributed by atoms with E-state index >= 15 is 0 Å². The molecule has 0 unspecified atom stereocenters. The summed E-state index contributed by atoms with van der Waals surface area (Å²) in [5, 5.41) is 10.9. The number of hydrogen-bond acceptors (Lipinski definition) is 6. The van der Waals surface area contributed by atoms with Gasteiger partial charge in [-0.05, 0) is 43.5 Å². The number of aromatic nitrogens is 2. The molecule has 2 aromatic carbocycles. The van der Waals surface area contributed by atoms with Gasteiger partial charge in [0, 0.05) is 6.54 Å². The highest BCUT2D eigenvalue weighted by Gasteiger charge is 2.39. The molecule has 0 spiro atoms. The summed E-state index contributed by atoms with van der Waals surface area (Å²) in [6.07, 6.45) is 1.28. The molecule has 10 heteroatoms. The third-order valence-corrected chi connectivity index (χ3v) is 8.02. The van der Waals surface area contributed by atoms with E-state index in [1.54, 1.807) is 37.3 Å². The molecule has 1 amide bonds. The Morgan fingerprint density at radius 1 is 1.17 bits per heavy atom. The number of halogens is 1. The van der Waals surface area contributed by atoms with Crippen LogP contribution in [0.4, 0.5) is 10.1 Å². The topological polar surface area (TPSA) is 92.3 Å². The number of amides is 1. The van der Waals surface area contributed by atoms with Gasteiger partial charge in [-0.3, -0.25) is 4.79 Å². The Bertz CT molecular complexity index is 1200. The summed E-state index contributed by atoms with van der Waals surface area (Å²) >= 11 is 1.02. The number of nitrogens with one attached hydrogen (secondary N) is 1. The molecule has 1 aliphatic rings.